The summed E-state index contributed by atoms with van der Waals surface area (Å²) < 4.78 is 25.5. The van der Waals surface area contributed by atoms with Gasteiger partial charge in [0.25, 0.3) is 5.56 Å². The van der Waals surface area contributed by atoms with Crippen LogP contribution in [0.15, 0.2) is 17.1 Å². The highest BCUT2D eigenvalue weighted by molar-refractivity contribution is 8.00. The molecule has 1 unspecified atom stereocenters. The number of unbranched alkanes of at least 4 members (excludes halogenated alkanes) is 2. The van der Waals surface area contributed by atoms with Gasteiger partial charge in [-0.2, -0.15) is 4.98 Å². The highest BCUT2D eigenvalue weighted by atomic mass is 32.2. The lowest BCUT2D eigenvalue weighted by atomic mass is 10.1. The summed E-state index contributed by atoms with van der Waals surface area (Å²) in [5.41, 5.74) is 1.05. The third-order valence-electron chi connectivity index (χ3n) is 5.82. The molecule has 0 bridgehead atoms. The number of nitrogens with one attached hydrogen (secondary N) is 2. The van der Waals surface area contributed by atoms with Crippen molar-refractivity contribution >= 4 is 38.8 Å². The van der Waals surface area contributed by atoms with Crippen molar-refractivity contribution in [3.8, 4) is 0 Å². The van der Waals surface area contributed by atoms with Gasteiger partial charge < -0.3 is 15.4 Å². The molecule has 1 atom stereocenters. The molecule has 33 heavy (non-hydrogen) atoms. The van der Waals surface area contributed by atoms with E-state index in [1.54, 1.807) is 31.1 Å². The zero-order chi connectivity index (χ0) is 23.8. The smallest absolute Gasteiger partial charge is 0.252 e. The van der Waals surface area contributed by atoms with E-state index < -0.39 is 9.84 Å². The van der Waals surface area contributed by atoms with Crippen LogP contribution >= 0.6 is 11.9 Å². The Hall–Kier alpha value is -1.69. The molecule has 11 heteroatoms. The molecule has 2 aromatic heterocycles. The van der Waals surface area contributed by atoms with Crippen molar-refractivity contribution in [2.24, 2.45) is 0 Å². The zero-order valence-corrected chi connectivity index (χ0v) is 21.1. The van der Waals surface area contributed by atoms with E-state index >= 15 is 0 Å². The first-order valence-corrected chi connectivity index (χ1v) is 14.3. The van der Waals surface area contributed by atoms with Crippen LogP contribution in [0.3, 0.4) is 0 Å². The second kappa shape index (κ2) is 12.1. The second-order valence-electron chi connectivity index (χ2n) is 8.69. The molecule has 2 aliphatic rings. The summed E-state index contributed by atoms with van der Waals surface area (Å²) in [6, 6.07) is 2.06. The van der Waals surface area contributed by atoms with Crippen LogP contribution in [-0.4, -0.2) is 75.3 Å². The number of aryl methyl sites for hydroxylation is 1. The Morgan fingerprint density at radius 3 is 2.64 bits per heavy atom. The van der Waals surface area contributed by atoms with E-state index in [1.165, 1.54) is 6.42 Å². The van der Waals surface area contributed by atoms with Gasteiger partial charge in [-0.3, -0.25) is 9.10 Å². The average Bonchev–Trinajstić information content (AvgIpc) is 3.13. The van der Waals surface area contributed by atoms with Crippen molar-refractivity contribution in [1.82, 2.24) is 19.3 Å². The Labute approximate surface area is 199 Å². The first-order chi connectivity index (χ1) is 15.8. The number of pyridine rings is 1. The average molecular weight is 498 g/mol. The third kappa shape index (κ3) is 7.94. The van der Waals surface area contributed by atoms with Crippen LogP contribution in [0.5, 0.6) is 0 Å². The normalized spacial score (nSPS) is 21.0. The zero-order valence-electron chi connectivity index (χ0n) is 19.4. The summed E-state index contributed by atoms with van der Waals surface area (Å²) in [7, 11) is -2.82. The highest BCUT2D eigenvalue weighted by Crippen LogP contribution is 2.30. The molecule has 0 spiro atoms. The topological polar surface area (TPSA) is 128 Å². The number of aliphatic hydroxyl groups is 1. The lowest BCUT2D eigenvalue weighted by Crippen LogP contribution is -2.37. The van der Waals surface area contributed by atoms with Crippen LogP contribution in [-0.2, 0) is 9.84 Å². The maximum atomic E-state index is 11.8. The molecule has 0 aliphatic carbocycles. The summed E-state index contributed by atoms with van der Waals surface area (Å²) >= 11 is 1.70. The van der Waals surface area contributed by atoms with E-state index in [2.05, 4.69) is 31.5 Å². The number of H-pyrrole nitrogens is 1. The molecule has 2 fully saturated rings. The van der Waals surface area contributed by atoms with Crippen molar-refractivity contribution in [2.75, 3.05) is 36.5 Å². The molecular formula is C22H35N5O4S2. The molecule has 0 amide bonds. The Balaban J connectivity index is 0.000000454. The van der Waals surface area contributed by atoms with Gasteiger partial charge in [0.05, 0.1) is 11.5 Å². The lowest BCUT2D eigenvalue weighted by molar-refractivity contribution is 0.284. The Bertz CT molecular complexity index is 1060. The number of piperidine rings is 1. The molecule has 0 aromatic carbocycles. The first-order valence-electron chi connectivity index (χ1n) is 11.7. The molecule has 4 rings (SSSR count). The van der Waals surface area contributed by atoms with Crippen LogP contribution in [0, 0.1) is 6.92 Å². The summed E-state index contributed by atoms with van der Waals surface area (Å²) in [5.74, 6) is 1.15. The molecule has 0 radical (unpaired) electrons. The minimum absolute atomic E-state index is 0.133. The van der Waals surface area contributed by atoms with E-state index in [1.807, 2.05) is 0 Å². The van der Waals surface area contributed by atoms with Crippen LogP contribution in [0.25, 0.3) is 11.0 Å². The predicted molar refractivity (Wildman–Crippen MR) is 134 cm³/mol. The summed E-state index contributed by atoms with van der Waals surface area (Å²) in [4.78, 5) is 23.3. The predicted octanol–water partition coefficient (Wildman–Crippen LogP) is 2.51. The molecule has 2 saturated heterocycles. The Morgan fingerprint density at radius 1 is 1.27 bits per heavy atom. The Morgan fingerprint density at radius 2 is 2.03 bits per heavy atom. The molecule has 9 nitrogen and oxygen atoms in total. The van der Waals surface area contributed by atoms with Crippen LogP contribution in [0.2, 0.25) is 0 Å². The lowest BCUT2D eigenvalue weighted by Gasteiger charge is -2.32. The van der Waals surface area contributed by atoms with Gasteiger partial charge in [-0.25, -0.2) is 13.4 Å². The number of hydrogen-bond acceptors (Lipinski definition) is 9. The van der Waals surface area contributed by atoms with E-state index in [0.717, 1.165) is 50.6 Å². The minimum Gasteiger partial charge on any atom is -0.396 e. The van der Waals surface area contributed by atoms with Crippen molar-refractivity contribution in [3.05, 3.63) is 28.2 Å². The third-order valence-corrected chi connectivity index (χ3v) is 9.16. The van der Waals surface area contributed by atoms with Crippen LogP contribution < -0.4 is 10.9 Å². The fourth-order valence-electron chi connectivity index (χ4n) is 3.88. The van der Waals surface area contributed by atoms with Crippen molar-refractivity contribution in [2.45, 2.75) is 63.7 Å². The van der Waals surface area contributed by atoms with Gasteiger partial charge in [0.1, 0.15) is 5.65 Å². The van der Waals surface area contributed by atoms with Crippen LogP contribution in [0.1, 0.15) is 51.0 Å². The van der Waals surface area contributed by atoms with Gasteiger partial charge in [0, 0.05) is 48.1 Å². The first kappa shape index (κ1) is 25.9. The van der Waals surface area contributed by atoms with Crippen molar-refractivity contribution < 1.29 is 13.5 Å². The quantitative estimate of drug-likeness (QED) is 0.390. The van der Waals surface area contributed by atoms with Crippen LogP contribution in [0.4, 0.5) is 5.95 Å². The van der Waals surface area contributed by atoms with E-state index in [-0.39, 0.29) is 16.9 Å². The Kier molecular flexibility index (Phi) is 9.54. The number of rotatable bonds is 7. The van der Waals surface area contributed by atoms with Gasteiger partial charge in [0.2, 0.25) is 5.95 Å². The largest absolute Gasteiger partial charge is 0.396 e. The van der Waals surface area contributed by atoms with Crippen molar-refractivity contribution in [1.29, 1.82) is 0 Å². The van der Waals surface area contributed by atoms with E-state index in [0.29, 0.717) is 35.3 Å². The fourth-order valence-corrected chi connectivity index (χ4v) is 7.50. The summed E-state index contributed by atoms with van der Waals surface area (Å²) in [6.07, 6.45) is 7.69. The second-order valence-corrected chi connectivity index (χ2v) is 12.3. The van der Waals surface area contributed by atoms with Gasteiger partial charge >= 0.3 is 0 Å². The monoisotopic (exact) mass is 497 g/mol. The molecule has 0 saturated carbocycles. The molecule has 184 valence electrons. The maximum Gasteiger partial charge on any atom is 0.252 e. The highest BCUT2D eigenvalue weighted by Gasteiger charge is 2.31. The van der Waals surface area contributed by atoms with Gasteiger partial charge in [-0.15, -0.1) is 0 Å². The number of fused-ring (bicyclic) bond motifs is 1. The summed E-state index contributed by atoms with van der Waals surface area (Å²) in [6.45, 7) is 6.05. The van der Waals surface area contributed by atoms with Gasteiger partial charge in [-0.1, -0.05) is 31.7 Å². The molecular weight excluding hydrogens is 462 g/mol. The standard InChI is InChI=1S/C17H23N5O3S2.C5H12O/c1-11-8-12-9-18-17(21-15(12)20-16(11)23)19-13-2-5-22(6-3-13)26-14-4-7-27(24,25)10-14;1-2-3-4-5-6/h8-9,13-14H,2-7,10H2,1H3,(H2,18,19,20,21,23);6H,2-5H2,1H3. The number of aromatic amines is 1. The molecule has 2 aromatic rings. The summed E-state index contributed by atoms with van der Waals surface area (Å²) in [5, 5.41) is 12.6. The number of aromatic nitrogens is 3. The maximum absolute atomic E-state index is 11.8. The number of sulfone groups is 1. The number of aliphatic hydroxyl groups excluding tert-OH is 1. The van der Waals surface area contributed by atoms with E-state index in [9.17, 15) is 13.2 Å². The molecule has 4 heterocycles. The van der Waals surface area contributed by atoms with Gasteiger partial charge in [-0.05, 0) is 38.7 Å². The molecule has 3 N–H and O–H groups in total. The number of hydrogen-bond donors (Lipinski definition) is 3. The number of anilines is 1. The SMILES string of the molecule is CCCCCO.Cc1cc2cnc(NC3CCN(SC4CCS(=O)(=O)C4)CC3)nc2[nH]c1=O. The van der Waals surface area contributed by atoms with Crippen molar-refractivity contribution in [3.63, 3.8) is 0 Å². The molecule has 2 aliphatic heterocycles. The van der Waals surface area contributed by atoms with E-state index in [4.69, 9.17) is 5.11 Å². The minimum atomic E-state index is -2.82. The number of nitrogens with zero attached hydrogens (tertiary/aromatic N) is 3. The fraction of sp³-hybridized carbons (Fsp3) is 0.682. The van der Waals surface area contributed by atoms with Gasteiger partial charge in [0.15, 0.2) is 9.84 Å².